The van der Waals surface area contributed by atoms with E-state index in [9.17, 15) is 39.6 Å². The van der Waals surface area contributed by atoms with E-state index in [2.05, 4.69) is 42.5 Å². The summed E-state index contributed by atoms with van der Waals surface area (Å²) >= 11 is 0. The molecule has 9 rings (SSSR count). The minimum absolute atomic E-state index is 0. The van der Waals surface area contributed by atoms with Crippen molar-refractivity contribution in [3.8, 4) is 0 Å². The second kappa shape index (κ2) is 19.3. The van der Waals surface area contributed by atoms with Crippen LogP contribution in [0.3, 0.4) is 0 Å². The molecule has 8 N–H and O–H groups in total. The van der Waals surface area contributed by atoms with Crippen molar-refractivity contribution in [3.63, 3.8) is 0 Å². The molecule has 0 spiro atoms. The number of nitrogens with one attached hydrogen (secondary N) is 8. The molecule has 16 nitrogen and oxygen atoms in total. The first kappa shape index (κ1) is 47.6. The molecule has 5 saturated heterocycles. The molecule has 20 heteroatoms. The Morgan fingerprint density at radius 2 is 0.482 bits per heavy atom. The van der Waals surface area contributed by atoms with Crippen LogP contribution in [0.2, 0.25) is 0 Å². The smallest absolute Gasteiger partial charge is 0.550 e. The van der Waals surface area contributed by atoms with Gasteiger partial charge in [-0.1, -0.05) is 38.5 Å². The zero-order valence-corrected chi connectivity index (χ0v) is 39.2. The van der Waals surface area contributed by atoms with Crippen LogP contribution in [-0.2, 0) is 109 Å². The van der Waals surface area contributed by atoms with Crippen LogP contribution in [0, 0.1) is 71.0 Å². The van der Waals surface area contributed by atoms with Gasteiger partial charge in [-0.05, 0) is 74.0 Å². The van der Waals surface area contributed by atoms with E-state index in [0.717, 1.165) is 64.2 Å². The van der Waals surface area contributed by atoms with Gasteiger partial charge in [0.2, 0.25) is 0 Å². The topological polar surface area (TPSA) is 257 Å². The van der Waals surface area contributed by atoms with E-state index in [4.69, 9.17) is 0 Å². The molecular formula is C36H52Au4N8O8. The summed E-state index contributed by atoms with van der Waals surface area (Å²) < 4.78 is 0. The van der Waals surface area contributed by atoms with Crippen molar-refractivity contribution in [1.82, 2.24) is 42.5 Å². The van der Waals surface area contributed by atoms with Crippen LogP contribution in [0.15, 0.2) is 0 Å². The maximum Gasteiger partial charge on any atom is 1.00 e. The average molecular weight is 1510 g/mol. The summed E-state index contributed by atoms with van der Waals surface area (Å²) in [5.41, 5.74) is 0. The summed E-state index contributed by atoms with van der Waals surface area (Å²) in [6, 6.07) is 0. The fraction of sp³-hybridized carbons (Fsp3) is 0.889. The predicted molar refractivity (Wildman–Crippen MR) is 173 cm³/mol. The number of aliphatic carboxylic acids is 4. The van der Waals surface area contributed by atoms with E-state index < -0.39 is 71.7 Å². The van der Waals surface area contributed by atoms with Gasteiger partial charge in [0.05, 0.1) is 49.3 Å². The van der Waals surface area contributed by atoms with E-state index >= 15 is 0 Å². The van der Waals surface area contributed by atoms with Gasteiger partial charge >= 0.3 is 89.5 Å². The van der Waals surface area contributed by atoms with Crippen molar-refractivity contribution in [2.45, 2.75) is 126 Å². The molecule has 0 aromatic heterocycles. The Labute approximate surface area is 389 Å². The maximum atomic E-state index is 13.0. The number of carboxylic acid groups (broad SMARTS) is 4. The second-order valence-corrected chi connectivity index (χ2v) is 17.5. The Morgan fingerprint density at radius 3 is 0.679 bits per heavy atom. The largest absolute Gasteiger partial charge is 1.00 e. The van der Waals surface area contributed by atoms with Gasteiger partial charge in [0.1, 0.15) is 0 Å². The molecule has 4 aliphatic carbocycles. The summed E-state index contributed by atoms with van der Waals surface area (Å²) in [6.45, 7) is 0. The van der Waals surface area contributed by atoms with E-state index in [1.807, 2.05) is 0 Å². The van der Waals surface area contributed by atoms with Gasteiger partial charge < -0.3 is 39.6 Å². The van der Waals surface area contributed by atoms with Gasteiger partial charge in [-0.15, -0.1) is 0 Å². The van der Waals surface area contributed by atoms with E-state index in [0.29, 0.717) is 11.8 Å². The zero-order valence-electron chi connectivity index (χ0n) is 30.5. The fourth-order valence-electron chi connectivity index (χ4n) is 13.4. The summed E-state index contributed by atoms with van der Waals surface area (Å²) in [6.07, 6.45) is 10.5. The van der Waals surface area contributed by atoms with Crippen LogP contribution < -0.4 is 63.0 Å². The number of carbonyl (C=O) groups is 4. The van der Waals surface area contributed by atoms with Crippen LogP contribution in [0.1, 0.15) is 77.0 Å². The molecule has 9 aliphatic rings. The molecule has 5 heterocycles. The zero-order chi connectivity index (χ0) is 36.0. The summed E-state index contributed by atoms with van der Waals surface area (Å²) in [4.78, 5) is 51.3. The number of carboxylic acids is 4. The number of fused-ring (bicyclic) bond motifs is 20. The predicted octanol–water partition coefficient (Wildman–Crippen LogP) is -5.50. The Hall–Kier alpha value is 0.521. The number of rotatable bonds is 4. The standard InChI is InChI=1S/C36H56N8O8.4Au/c45-33(46)21-19-20(22(34(47)48)24(36(51)52)23(21)35(49)50)32-43-30-18-12-6-4-10-16(18)28(41-30)39-26-14-8-2-1-7-13(14)25(37-26)38-27-15-9-3-5-11-17(15)29(40-27)42-31(19)44-32;;;;/h13-32,37-44H,1-12H2,(H,45,46)(H,47,48)(H,49,50)(H,51,52);;;;/q;4*+1/p-4. The molecule has 8 bridgehead atoms. The minimum Gasteiger partial charge on any atom is -0.550 e. The monoisotopic (exact) mass is 1510 g/mol. The molecule has 0 amide bonds. The fourth-order valence-corrected chi connectivity index (χ4v) is 13.4. The summed E-state index contributed by atoms with van der Waals surface area (Å²) in [5, 5.41) is 81.6. The number of hydrogen-bond acceptors (Lipinski definition) is 16. The van der Waals surface area contributed by atoms with Crippen molar-refractivity contribution in [1.29, 1.82) is 0 Å². The normalized spacial score (nSPS) is 48.7. The Balaban J connectivity index is 0.00000150. The first-order valence-corrected chi connectivity index (χ1v) is 20.0. The summed E-state index contributed by atoms with van der Waals surface area (Å²) in [7, 11) is 0. The minimum atomic E-state index is -2.20. The third-order valence-electron chi connectivity index (χ3n) is 15.4. The molecule has 20 unspecified atom stereocenters. The van der Waals surface area contributed by atoms with Crippen LogP contribution >= 0.6 is 0 Å². The molecule has 9 fully saturated rings. The second-order valence-electron chi connectivity index (χ2n) is 17.5. The third-order valence-corrected chi connectivity index (χ3v) is 15.4. The van der Waals surface area contributed by atoms with Crippen LogP contribution in [-0.4, -0.2) is 73.2 Å². The van der Waals surface area contributed by atoms with E-state index in [1.165, 1.54) is 12.8 Å². The van der Waals surface area contributed by atoms with Gasteiger partial charge in [0, 0.05) is 59.4 Å². The van der Waals surface area contributed by atoms with Crippen molar-refractivity contribution in [2.24, 2.45) is 71.0 Å². The summed E-state index contributed by atoms with van der Waals surface area (Å²) in [5.74, 6) is -16.1. The molecular weight excluding hydrogens is 1460 g/mol. The molecule has 0 aromatic carbocycles. The number of hydrogen-bond donors (Lipinski definition) is 8. The SMILES string of the molecule is O=C([O-])C1C(C(=O)[O-])C(C(=O)[O-])C2C3NC4NC(NC5NC(NC6NC(NC(N3)C2C1C(=O)[O-])C1CCCCC61)C1CCCCC51)C1CCCCC41.[Au+].[Au+].[Au+].[Au+]. The number of carbonyl (C=O) groups excluding carboxylic acids is 4. The maximum absolute atomic E-state index is 13.0. The van der Waals surface area contributed by atoms with E-state index in [1.54, 1.807) is 0 Å². The van der Waals surface area contributed by atoms with Crippen LogP contribution in [0.25, 0.3) is 0 Å². The van der Waals surface area contributed by atoms with Gasteiger partial charge in [-0.2, -0.15) is 0 Å². The third kappa shape index (κ3) is 8.26. The van der Waals surface area contributed by atoms with Gasteiger partial charge in [-0.3, -0.25) is 42.5 Å². The van der Waals surface area contributed by atoms with Crippen molar-refractivity contribution < 1.29 is 129 Å². The van der Waals surface area contributed by atoms with Gasteiger partial charge in [0.25, 0.3) is 0 Å². The molecule has 56 heavy (non-hydrogen) atoms. The molecule has 0 radical (unpaired) electrons. The Morgan fingerprint density at radius 1 is 0.304 bits per heavy atom. The first-order valence-electron chi connectivity index (χ1n) is 20.0. The van der Waals surface area contributed by atoms with Gasteiger partial charge in [-0.25, -0.2) is 0 Å². The Kier molecular flexibility index (Phi) is 16.4. The van der Waals surface area contributed by atoms with Gasteiger partial charge in [0.15, 0.2) is 0 Å². The average Bonchev–Trinajstić information content (AvgIpc) is 3.86. The van der Waals surface area contributed by atoms with Crippen molar-refractivity contribution in [3.05, 3.63) is 0 Å². The van der Waals surface area contributed by atoms with Crippen molar-refractivity contribution in [2.75, 3.05) is 0 Å². The molecule has 328 valence electrons. The molecule has 0 aromatic rings. The molecule has 4 saturated carbocycles. The molecule has 5 aliphatic heterocycles. The van der Waals surface area contributed by atoms with E-state index in [-0.39, 0.29) is 150 Å². The first-order chi connectivity index (χ1) is 25.1. The quantitative estimate of drug-likeness (QED) is 0.122. The van der Waals surface area contributed by atoms with Crippen molar-refractivity contribution >= 4 is 23.9 Å². The Bertz CT molecular complexity index is 1360. The molecule has 20 atom stereocenters. The van der Waals surface area contributed by atoms with Crippen LogP contribution in [0.4, 0.5) is 0 Å². The van der Waals surface area contributed by atoms with Crippen LogP contribution in [0.5, 0.6) is 0 Å².